The molecular formula is C19H21ClN4O4S. The average molecular weight is 437 g/mol. The fourth-order valence-electron chi connectivity index (χ4n) is 3.17. The standard InChI is InChI=1S/C19H20N4O4S.ClH/c20-15-6-8-23(12-15)28(25,26)16-3-1-13(2-4-16)10-22-19(24)17-9-14-5-7-21-11-18(14)27-17;/h1-5,7,9,11,15H,6,8,10,12,20H2,(H,22,24);1H/t15-;/m0./s1. The van der Waals surface area contributed by atoms with Gasteiger partial charge in [0.15, 0.2) is 11.3 Å². The molecule has 8 nitrogen and oxygen atoms in total. The van der Waals surface area contributed by atoms with E-state index < -0.39 is 10.0 Å². The molecule has 0 saturated carbocycles. The highest BCUT2D eigenvalue weighted by atomic mass is 35.5. The molecule has 0 spiro atoms. The highest BCUT2D eigenvalue weighted by molar-refractivity contribution is 7.89. The van der Waals surface area contributed by atoms with Gasteiger partial charge in [-0.15, -0.1) is 12.4 Å². The van der Waals surface area contributed by atoms with Crippen LogP contribution in [0.15, 0.2) is 58.1 Å². The number of rotatable bonds is 5. The van der Waals surface area contributed by atoms with Crippen LogP contribution in [-0.4, -0.2) is 42.7 Å². The molecule has 3 aromatic rings. The van der Waals surface area contributed by atoms with Gasteiger partial charge in [-0.1, -0.05) is 12.1 Å². The summed E-state index contributed by atoms with van der Waals surface area (Å²) in [5, 5.41) is 3.57. The van der Waals surface area contributed by atoms with Crippen LogP contribution in [-0.2, 0) is 16.6 Å². The van der Waals surface area contributed by atoms with E-state index in [0.717, 1.165) is 10.9 Å². The first-order valence-electron chi connectivity index (χ1n) is 8.90. The molecule has 1 aliphatic rings. The third-order valence-electron chi connectivity index (χ3n) is 4.75. The molecule has 0 aliphatic carbocycles. The zero-order chi connectivity index (χ0) is 19.7. The highest BCUT2D eigenvalue weighted by Crippen LogP contribution is 2.21. The van der Waals surface area contributed by atoms with Gasteiger partial charge in [0.25, 0.3) is 5.91 Å². The van der Waals surface area contributed by atoms with Crippen LogP contribution in [0.5, 0.6) is 0 Å². The van der Waals surface area contributed by atoms with E-state index in [1.165, 1.54) is 4.31 Å². The number of hydrogen-bond donors (Lipinski definition) is 2. The summed E-state index contributed by atoms with van der Waals surface area (Å²) >= 11 is 0. The molecule has 2 aromatic heterocycles. The SMILES string of the molecule is Cl.N[C@H]1CCN(S(=O)(=O)c2ccc(CNC(=O)c3cc4ccncc4o3)cc2)C1. The van der Waals surface area contributed by atoms with Crippen LogP contribution in [0.1, 0.15) is 22.5 Å². The zero-order valence-corrected chi connectivity index (χ0v) is 17.1. The summed E-state index contributed by atoms with van der Waals surface area (Å²) in [4.78, 5) is 16.5. The van der Waals surface area contributed by atoms with Gasteiger partial charge >= 0.3 is 0 Å². The Hall–Kier alpha value is -2.46. The first kappa shape index (κ1) is 21.3. The lowest BCUT2D eigenvalue weighted by Gasteiger charge is -2.16. The molecule has 154 valence electrons. The maximum Gasteiger partial charge on any atom is 0.287 e. The molecule has 3 N–H and O–H groups in total. The summed E-state index contributed by atoms with van der Waals surface area (Å²) in [6.07, 6.45) is 3.85. The van der Waals surface area contributed by atoms with Crippen LogP contribution in [0, 0.1) is 0 Å². The van der Waals surface area contributed by atoms with E-state index in [4.69, 9.17) is 10.2 Å². The number of carbonyl (C=O) groups excluding carboxylic acids is 1. The van der Waals surface area contributed by atoms with Crippen molar-refractivity contribution in [1.82, 2.24) is 14.6 Å². The van der Waals surface area contributed by atoms with Gasteiger partial charge < -0.3 is 15.5 Å². The topological polar surface area (TPSA) is 119 Å². The van der Waals surface area contributed by atoms with E-state index in [2.05, 4.69) is 10.3 Å². The lowest BCUT2D eigenvalue weighted by atomic mass is 10.2. The summed E-state index contributed by atoms with van der Waals surface area (Å²) in [7, 11) is -3.53. The highest BCUT2D eigenvalue weighted by Gasteiger charge is 2.30. The average Bonchev–Trinajstić information content (AvgIpc) is 3.33. The molecule has 0 unspecified atom stereocenters. The summed E-state index contributed by atoms with van der Waals surface area (Å²) in [6, 6.07) is 9.78. The Morgan fingerprint density at radius 3 is 2.69 bits per heavy atom. The fourth-order valence-corrected chi connectivity index (χ4v) is 4.68. The Kier molecular flexibility index (Phi) is 6.23. The summed E-state index contributed by atoms with van der Waals surface area (Å²) in [5.41, 5.74) is 7.13. The second-order valence-electron chi connectivity index (χ2n) is 6.76. The van der Waals surface area contributed by atoms with Gasteiger partial charge in [0.1, 0.15) is 0 Å². The molecule has 3 heterocycles. The van der Waals surface area contributed by atoms with E-state index >= 15 is 0 Å². The van der Waals surface area contributed by atoms with Crippen LogP contribution >= 0.6 is 12.4 Å². The molecule has 1 saturated heterocycles. The van der Waals surface area contributed by atoms with E-state index in [-0.39, 0.29) is 41.6 Å². The predicted molar refractivity (Wildman–Crippen MR) is 110 cm³/mol. The van der Waals surface area contributed by atoms with E-state index in [0.29, 0.717) is 25.1 Å². The number of furan rings is 1. The first-order chi connectivity index (χ1) is 13.4. The number of nitrogens with one attached hydrogen (secondary N) is 1. The smallest absolute Gasteiger partial charge is 0.287 e. The van der Waals surface area contributed by atoms with Crippen molar-refractivity contribution in [3.63, 3.8) is 0 Å². The van der Waals surface area contributed by atoms with E-state index in [9.17, 15) is 13.2 Å². The van der Waals surface area contributed by atoms with Crippen molar-refractivity contribution in [3.05, 3.63) is 60.1 Å². The number of nitrogens with two attached hydrogens (primary N) is 1. The second-order valence-corrected chi connectivity index (χ2v) is 8.70. The minimum atomic E-state index is -3.53. The van der Waals surface area contributed by atoms with Gasteiger partial charge in [-0.25, -0.2) is 8.42 Å². The fraction of sp³-hybridized carbons (Fsp3) is 0.263. The lowest BCUT2D eigenvalue weighted by molar-refractivity contribution is 0.0925. The number of halogens is 1. The summed E-state index contributed by atoms with van der Waals surface area (Å²) in [5.74, 6) is -0.147. The van der Waals surface area contributed by atoms with Gasteiger partial charge in [0, 0.05) is 37.3 Å². The van der Waals surface area contributed by atoms with Crippen molar-refractivity contribution in [2.75, 3.05) is 13.1 Å². The van der Waals surface area contributed by atoms with Crippen molar-refractivity contribution < 1.29 is 17.6 Å². The number of benzene rings is 1. The van der Waals surface area contributed by atoms with Crippen molar-refractivity contribution in [2.24, 2.45) is 5.73 Å². The maximum absolute atomic E-state index is 12.6. The molecule has 1 atom stereocenters. The number of carbonyl (C=O) groups is 1. The van der Waals surface area contributed by atoms with Crippen LogP contribution < -0.4 is 11.1 Å². The first-order valence-corrected chi connectivity index (χ1v) is 10.3. The van der Waals surface area contributed by atoms with E-state index in [1.807, 2.05) is 0 Å². The Labute approximate surface area is 174 Å². The van der Waals surface area contributed by atoms with Gasteiger partial charge in [-0.3, -0.25) is 9.78 Å². The molecule has 0 radical (unpaired) electrons. The predicted octanol–water partition coefficient (Wildman–Crippen LogP) is 1.90. The Morgan fingerprint density at radius 1 is 1.28 bits per heavy atom. The van der Waals surface area contributed by atoms with Crippen molar-refractivity contribution in [1.29, 1.82) is 0 Å². The van der Waals surface area contributed by atoms with Crippen LogP contribution in [0.2, 0.25) is 0 Å². The Balaban J connectivity index is 0.00000240. The molecule has 4 rings (SSSR count). The maximum atomic E-state index is 12.6. The second kappa shape index (κ2) is 8.50. The quantitative estimate of drug-likeness (QED) is 0.630. The molecule has 1 fully saturated rings. The summed E-state index contributed by atoms with van der Waals surface area (Å²) < 4.78 is 32.1. The number of pyridine rings is 1. The van der Waals surface area contributed by atoms with Gasteiger partial charge in [-0.2, -0.15) is 4.31 Å². The number of hydrogen-bond acceptors (Lipinski definition) is 6. The van der Waals surface area contributed by atoms with Gasteiger partial charge in [-0.05, 0) is 36.2 Å². The molecule has 1 aromatic carbocycles. The third kappa shape index (κ3) is 4.43. The molecule has 0 bridgehead atoms. The third-order valence-corrected chi connectivity index (χ3v) is 6.63. The number of aromatic nitrogens is 1. The molecule has 29 heavy (non-hydrogen) atoms. The van der Waals surface area contributed by atoms with Crippen molar-refractivity contribution in [2.45, 2.75) is 23.9 Å². The Morgan fingerprint density at radius 2 is 2.03 bits per heavy atom. The molecule has 10 heteroatoms. The van der Waals surface area contributed by atoms with Crippen molar-refractivity contribution >= 4 is 39.3 Å². The minimum absolute atomic E-state index is 0. The molecule has 1 aliphatic heterocycles. The van der Waals surface area contributed by atoms with Gasteiger partial charge in [0.05, 0.1) is 11.1 Å². The number of nitrogens with zero attached hydrogens (tertiary/aromatic N) is 2. The van der Waals surface area contributed by atoms with Crippen LogP contribution in [0.25, 0.3) is 11.0 Å². The Bertz CT molecular complexity index is 1080. The van der Waals surface area contributed by atoms with Crippen molar-refractivity contribution in [3.8, 4) is 0 Å². The number of sulfonamides is 1. The number of amides is 1. The summed E-state index contributed by atoms with van der Waals surface area (Å²) in [6.45, 7) is 1.03. The largest absolute Gasteiger partial charge is 0.449 e. The monoisotopic (exact) mass is 436 g/mol. The zero-order valence-electron chi connectivity index (χ0n) is 15.4. The minimum Gasteiger partial charge on any atom is -0.449 e. The van der Waals surface area contributed by atoms with Crippen LogP contribution in [0.4, 0.5) is 0 Å². The van der Waals surface area contributed by atoms with Gasteiger partial charge in [0.2, 0.25) is 10.0 Å². The number of fused-ring (bicyclic) bond motifs is 1. The van der Waals surface area contributed by atoms with Crippen LogP contribution in [0.3, 0.4) is 0 Å². The molecule has 1 amide bonds. The molecular weight excluding hydrogens is 416 g/mol. The lowest BCUT2D eigenvalue weighted by Crippen LogP contribution is -2.32. The normalized spacial score (nSPS) is 17.2. The van der Waals surface area contributed by atoms with E-state index in [1.54, 1.807) is 48.8 Å².